The molecule has 102 valence electrons. The molecule has 0 aliphatic rings. The van der Waals surface area contributed by atoms with Gasteiger partial charge in [-0.3, -0.25) is 5.10 Å². The van der Waals surface area contributed by atoms with Gasteiger partial charge < -0.3 is 0 Å². The molecule has 19 heavy (non-hydrogen) atoms. The van der Waals surface area contributed by atoms with E-state index in [4.69, 9.17) is 0 Å². The monoisotopic (exact) mass is 343 g/mol. The first kappa shape index (κ1) is 14.2. The molecule has 0 saturated heterocycles. The summed E-state index contributed by atoms with van der Waals surface area (Å²) < 4.78 is 26.7. The lowest BCUT2D eigenvalue weighted by Crippen LogP contribution is -2.27. The van der Waals surface area contributed by atoms with Gasteiger partial charge in [0, 0.05) is 6.54 Å². The van der Waals surface area contributed by atoms with E-state index in [0.717, 1.165) is 5.56 Å². The van der Waals surface area contributed by atoms with Gasteiger partial charge in [-0.1, -0.05) is 46.3 Å². The molecule has 5 nitrogen and oxygen atoms in total. The van der Waals surface area contributed by atoms with E-state index in [1.807, 2.05) is 30.3 Å². The summed E-state index contributed by atoms with van der Waals surface area (Å²) in [5.41, 5.74) is 1.55. The number of H-pyrrole nitrogens is 1. The largest absolute Gasteiger partial charge is 0.281 e. The molecule has 7 heteroatoms. The van der Waals surface area contributed by atoms with Crippen molar-refractivity contribution < 1.29 is 8.42 Å². The SMILES string of the molecule is Cc1[nH]ncc1S(=O)(=O)NCC(Br)c1ccccc1. The molecule has 1 unspecified atom stereocenters. The Morgan fingerprint density at radius 3 is 2.63 bits per heavy atom. The molecular formula is C12H14BrN3O2S. The van der Waals surface area contributed by atoms with Crippen molar-refractivity contribution in [2.24, 2.45) is 0 Å². The highest BCUT2D eigenvalue weighted by Crippen LogP contribution is 2.22. The second-order valence-corrected chi connectivity index (χ2v) is 6.93. The lowest BCUT2D eigenvalue weighted by molar-refractivity contribution is 0.581. The standard InChI is InChI=1S/C12H14BrN3O2S/c1-9-12(8-14-16-9)19(17,18)15-7-11(13)10-5-3-2-4-6-10/h2-6,8,11,15H,7H2,1H3,(H,14,16). The number of sulfonamides is 1. The zero-order chi connectivity index (χ0) is 13.9. The molecule has 2 aromatic rings. The third kappa shape index (κ3) is 3.43. The van der Waals surface area contributed by atoms with E-state index < -0.39 is 10.0 Å². The zero-order valence-electron chi connectivity index (χ0n) is 10.3. The summed E-state index contributed by atoms with van der Waals surface area (Å²) >= 11 is 3.47. The van der Waals surface area contributed by atoms with E-state index >= 15 is 0 Å². The Morgan fingerprint density at radius 2 is 2.05 bits per heavy atom. The van der Waals surface area contributed by atoms with Gasteiger partial charge in [0.1, 0.15) is 4.90 Å². The van der Waals surface area contributed by atoms with Crippen molar-refractivity contribution in [3.63, 3.8) is 0 Å². The van der Waals surface area contributed by atoms with Crippen LogP contribution in [-0.2, 0) is 10.0 Å². The first-order chi connectivity index (χ1) is 9.00. The van der Waals surface area contributed by atoms with Gasteiger partial charge in [-0.25, -0.2) is 13.1 Å². The third-order valence-corrected chi connectivity index (χ3v) is 5.08. The Morgan fingerprint density at radius 1 is 1.37 bits per heavy atom. The number of nitrogens with zero attached hydrogens (tertiary/aromatic N) is 1. The van der Waals surface area contributed by atoms with Gasteiger partial charge in [0.25, 0.3) is 0 Å². The van der Waals surface area contributed by atoms with E-state index in [1.54, 1.807) is 6.92 Å². The van der Waals surface area contributed by atoms with E-state index in [2.05, 4.69) is 30.8 Å². The molecule has 2 rings (SSSR count). The molecule has 0 spiro atoms. The fourth-order valence-electron chi connectivity index (χ4n) is 1.65. The normalized spacial score (nSPS) is 13.4. The molecule has 2 N–H and O–H groups in total. The van der Waals surface area contributed by atoms with Crippen molar-refractivity contribution in [1.29, 1.82) is 0 Å². The van der Waals surface area contributed by atoms with Crippen LogP contribution in [0.5, 0.6) is 0 Å². The molecule has 1 heterocycles. The minimum absolute atomic E-state index is 0.0734. The Hall–Kier alpha value is -1.18. The zero-order valence-corrected chi connectivity index (χ0v) is 12.7. The molecule has 1 aromatic heterocycles. The minimum atomic E-state index is -3.52. The van der Waals surface area contributed by atoms with Gasteiger partial charge in [-0.15, -0.1) is 0 Å². The number of alkyl halides is 1. The van der Waals surface area contributed by atoms with Gasteiger partial charge in [0.05, 0.1) is 16.7 Å². The van der Waals surface area contributed by atoms with Crippen LogP contribution in [0.1, 0.15) is 16.1 Å². The quantitative estimate of drug-likeness (QED) is 0.816. The second kappa shape index (κ2) is 5.85. The van der Waals surface area contributed by atoms with Crippen LogP contribution in [0.2, 0.25) is 0 Å². The Bertz CT molecular complexity index is 640. The Labute approximate surface area is 120 Å². The lowest BCUT2D eigenvalue weighted by atomic mass is 10.2. The van der Waals surface area contributed by atoms with Crippen LogP contribution in [0.15, 0.2) is 41.4 Å². The van der Waals surface area contributed by atoms with Crippen molar-refractivity contribution >= 4 is 26.0 Å². The Balaban J connectivity index is 2.05. The predicted molar refractivity (Wildman–Crippen MR) is 76.6 cm³/mol. The summed E-state index contributed by atoms with van der Waals surface area (Å²) in [5, 5.41) is 6.33. The number of aromatic nitrogens is 2. The highest BCUT2D eigenvalue weighted by atomic mass is 79.9. The molecule has 0 aliphatic carbocycles. The molecule has 0 fully saturated rings. The maximum absolute atomic E-state index is 12.1. The summed E-state index contributed by atoms with van der Waals surface area (Å²) in [4.78, 5) is 0.107. The van der Waals surface area contributed by atoms with Crippen molar-refractivity contribution in [1.82, 2.24) is 14.9 Å². The third-order valence-electron chi connectivity index (χ3n) is 2.69. The topological polar surface area (TPSA) is 74.8 Å². The van der Waals surface area contributed by atoms with Crippen LogP contribution < -0.4 is 4.72 Å². The van der Waals surface area contributed by atoms with Gasteiger partial charge >= 0.3 is 0 Å². The van der Waals surface area contributed by atoms with Crippen molar-refractivity contribution in [3.8, 4) is 0 Å². The highest BCUT2D eigenvalue weighted by molar-refractivity contribution is 9.09. The van der Waals surface area contributed by atoms with Gasteiger partial charge in [-0.2, -0.15) is 5.10 Å². The summed E-state index contributed by atoms with van der Waals surface area (Å²) in [6, 6.07) is 9.63. The fraction of sp³-hybridized carbons (Fsp3) is 0.250. The van der Waals surface area contributed by atoms with Gasteiger partial charge in [0.2, 0.25) is 10.0 Å². The molecule has 1 atom stereocenters. The number of aryl methyl sites for hydroxylation is 1. The number of rotatable bonds is 5. The van der Waals surface area contributed by atoms with Crippen LogP contribution in [-0.4, -0.2) is 25.2 Å². The molecular weight excluding hydrogens is 330 g/mol. The predicted octanol–water partition coefficient (Wildman–Crippen LogP) is 2.13. The van der Waals surface area contributed by atoms with E-state index in [0.29, 0.717) is 5.69 Å². The van der Waals surface area contributed by atoms with Crippen LogP contribution >= 0.6 is 15.9 Å². The van der Waals surface area contributed by atoms with Crippen LogP contribution in [0, 0.1) is 6.92 Å². The smallest absolute Gasteiger partial charge is 0.243 e. The second-order valence-electron chi connectivity index (χ2n) is 4.09. The first-order valence-electron chi connectivity index (χ1n) is 5.69. The van der Waals surface area contributed by atoms with E-state index in [1.165, 1.54) is 6.20 Å². The molecule has 0 radical (unpaired) electrons. The highest BCUT2D eigenvalue weighted by Gasteiger charge is 2.19. The van der Waals surface area contributed by atoms with Gasteiger partial charge in [-0.05, 0) is 12.5 Å². The molecule has 0 amide bonds. The van der Waals surface area contributed by atoms with Crippen LogP contribution in [0.4, 0.5) is 0 Å². The van der Waals surface area contributed by atoms with E-state index in [9.17, 15) is 8.42 Å². The summed E-state index contributed by atoms with van der Waals surface area (Å²) in [5.74, 6) is 0. The maximum atomic E-state index is 12.1. The maximum Gasteiger partial charge on any atom is 0.243 e. The van der Waals surface area contributed by atoms with Crippen LogP contribution in [0.25, 0.3) is 0 Å². The van der Waals surface area contributed by atoms with Crippen molar-refractivity contribution in [3.05, 3.63) is 47.8 Å². The number of nitrogens with one attached hydrogen (secondary N) is 2. The first-order valence-corrected chi connectivity index (χ1v) is 8.09. The van der Waals surface area contributed by atoms with Crippen molar-refractivity contribution in [2.75, 3.05) is 6.54 Å². The van der Waals surface area contributed by atoms with Crippen molar-refractivity contribution in [2.45, 2.75) is 16.6 Å². The van der Waals surface area contributed by atoms with E-state index in [-0.39, 0.29) is 16.3 Å². The number of aromatic amines is 1. The lowest BCUT2D eigenvalue weighted by Gasteiger charge is -2.11. The average molecular weight is 344 g/mol. The van der Waals surface area contributed by atoms with Gasteiger partial charge in [0.15, 0.2) is 0 Å². The summed E-state index contributed by atoms with van der Waals surface area (Å²) in [6.07, 6.45) is 1.31. The summed E-state index contributed by atoms with van der Waals surface area (Å²) in [6.45, 7) is 1.95. The minimum Gasteiger partial charge on any atom is -0.281 e. The number of halogens is 1. The molecule has 0 aliphatic heterocycles. The molecule has 0 bridgehead atoms. The molecule has 0 saturated carbocycles. The fourth-order valence-corrected chi connectivity index (χ4v) is 3.51. The Kier molecular flexibility index (Phi) is 4.38. The number of hydrogen-bond acceptors (Lipinski definition) is 3. The molecule has 1 aromatic carbocycles. The number of benzene rings is 1. The average Bonchev–Trinajstić information content (AvgIpc) is 2.84. The number of hydrogen-bond donors (Lipinski definition) is 2. The van der Waals surface area contributed by atoms with Crippen LogP contribution in [0.3, 0.4) is 0 Å². The summed E-state index contributed by atoms with van der Waals surface area (Å²) in [7, 11) is -3.52.